The molecule has 3 heteroatoms. The number of benzene rings is 1. The van der Waals surface area contributed by atoms with Gasteiger partial charge in [-0.05, 0) is 12.1 Å². The first-order valence-electron chi connectivity index (χ1n) is 7.30. The maximum absolute atomic E-state index is 5.03. The zero-order valence-electron chi connectivity index (χ0n) is 13.0. The van der Waals surface area contributed by atoms with Gasteiger partial charge >= 0.3 is 0 Å². The van der Waals surface area contributed by atoms with Crippen molar-refractivity contribution in [2.24, 2.45) is 0 Å². The van der Waals surface area contributed by atoms with E-state index in [1.165, 1.54) is 25.7 Å². The van der Waals surface area contributed by atoms with Gasteiger partial charge in [0, 0.05) is 0 Å². The molecule has 0 saturated heterocycles. The molecule has 0 aliphatic rings. The van der Waals surface area contributed by atoms with E-state index in [1.807, 2.05) is 38.1 Å². The Balaban J connectivity index is 0.000000350. The molecule has 0 radical (unpaired) electrons. The van der Waals surface area contributed by atoms with Crippen molar-refractivity contribution < 1.29 is 4.74 Å². The summed E-state index contributed by atoms with van der Waals surface area (Å²) in [6, 6.07) is 7.85. The minimum atomic E-state index is 0.653. The third-order valence-corrected chi connectivity index (χ3v) is 2.59. The Morgan fingerprint density at radius 2 is 1.63 bits per heavy atom. The number of unbranched alkanes of at least 4 members (excludes halogenated alkanes) is 3. The summed E-state index contributed by atoms with van der Waals surface area (Å²) < 4.78 is 5.03. The van der Waals surface area contributed by atoms with Gasteiger partial charge in [0.15, 0.2) is 0 Å². The van der Waals surface area contributed by atoms with Crippen LogP contribution in [0.15, 0.2) is 24.3 Å². The van der Waals surface area contributed by atoms with Crippen LogP contribution in [0.1, 0.15) is 53.4 Å². The minimum absolute atomic E-state index is 0.653. The maximum atomic E-state index is 5.03. The number of aromatic amines is 1. The molecular weight excluding hydrogens is 236 g/mol. The average Bonchev–Trinajstić information content (AvgIpc) is 2.91. The van der Waals surface area contributed by atoms with Crippen molar-refractivity contribution in [1.82, 2.24) is 10.2 Å². The van der Waals surface area contributed by atoms with E-state index in [0.717, 1.165) is 10.9 Å². The first kappa shape index (κ1) is 17.5. The maximum Gasteiger partial charge on any atom is 0.240 e. The Labute approximate surface area is 117 Å². The van der Waals surface area contributed by atoms with Crippen LogP contribution in [0.2, 0.25) is 0 Å². The number of fused-ring (bicyclic) bond motifs is 1. The normalized spacial score (nSPS) is 9.11. The lowest BCUT2D eigenvalue weighted by molar-refractivity contribution is 0.401. The number of nitrogens with one attached hydrogen (secondary N) is 1. The number of H-pyrrole nitrogens is 1. The summed E-state index contributed by atoms with van der Waals surface area (Å²) in [6.07, 6.45) is 5.54. The van der Waals surface area contributed by atoms with E-state index in [1.54, 1.807) is 7.11 Å². The van der Waals surface area contributed by atoms with E-state index in [4.69, 9.17) is 4.74 Å². The van der Waals surface area contributed by atoms with E-state index in [-0.39, 0.29) is 0 Å². The van der Waals surface area contributed by atoms with E-state index < -0.39 is 0 Å². The summed E-state index contributed by atoms with van der Waals surface area (Å²) >= 11 is 0. The first-order valence-corrected chi connectivity index (χ1v) is 7.30. The van der Waals surface area contributed by atoms with Crippen molar-refractivity contribution >= 4 is 10.9 Å². The number of aromatic nitrogens is 2. The van der Waals surface area contributed by atoms with Crippen LogP contribution in [0.4, 0.5) is 0 Å². The fourth-order valence-corrected chi connectivity index (χ4v) is 1.59. The summed E-state index contributed by atoms with van der Waals surface area (Å²) in [5, 5.41) is 7.85. The molecule has 0 amide bonds. The first-order chi connectivity index (χ1) is 9.33. The molecule has 0 unspecified atom stereocenters. The molecule has 0 aliphatic carbocycles. The van der Waals surface area contributed by atoms with Gasteiger partial charge < -0.3 is 4.74 Å². The molecule has 108 valence electrons. The van der Waals surface area contributed by atoms with Crippen LogP contribution in [0.5, 0.6) is 5.88 Å². The van der Waals surface area contributed by atoms with Gasteiger partial charge in [0.25, 0.3) is 0 Å². The second-order valence-electron chi connectivity index (χ2n) is 3.99. The van der Waals surface area contributed by atoms with Crippen LogP contribution < -0.4 is 4.74 Å². The Morgan fingerprint density at radius 3 is 2.16 bits per heavy atom. The summed E-state index contributed by atoms with van der Waals surface area (Å²) in [5.74, 6) is 0.653. The number of rotatable bonds is 4. The SMILES string of the molecule is CC.CCCCCC.COc1n[nH]c2ccccc12. The molecular formula is C16H28N2O. The molecule has 3 nitrogen and oxygen atoms in total. The Kier molecular flexibility index (Phi) is 10.7. The second-order valence-corrected chi connectivity index (χ2v) is 3.99. The summed E-state index contributed by atoms with van der Waals surface area (Å²) in [7, 11) is 1.61. The van der Waals surface area contributed by atoms with E-state index in [0.29, 0.717) is 5.88 Å². The average molecular weight is 264 g/mol. The van der Waals surface area contributed by atoms with E-state index in [2.05, 4.69) is 24.0 Å². The van der Waals surface area contributed by atoms with Gasteiger partial charge in [0.1, 0.15) is 0 Å². The molecule has 0 aliphatic heterocycles. The van der Waals surface area contributed by atoms with Gasteiger partial charge in [-0.3, -0.25) is 5.10 Å². The van der Waals surface area contributed by atoms with Gasteiger partial charge in [-0.25, -0.2) is 0 Å². The highest BCUT2D eigenvalue weighted by Gasteiger charge is 2.01. The number of nitrogens with zero attached hydrogens (tertiary/aromatic N) is 1. The predicted octanol–water partition coefficient (Wildman–Crippen LogP) is 5.18. The van der Waals surface area contributed by atoms with Crippen molar-refractivity contribution in [3.63, 3.8) is 0 Å². The zero-order valence-corrected chi connectivity index (χ0v) is 13.0. The molecule has 2 aromatic rings. The molecule has 1 heterocycles. The fourth-order valence-electron chi connectivity index (χ4n) is 1.59. The molecule has 1 N–H and O–H groups in total. The lowest BCUT2D eigenvalue weighted by Crippen LogP contribution is -1.81. The van der Waals surface area contributed by atoms with Crippen LogP contribution in [-0.4, -0.2) is 17.3 Å². The molecule has 1 aromatic heterocycles. The molecule has 0 bridgehead atoms. The fraction of sp³-hybridized carbons (Fsp3) is 0.562. The number of hydrogen-bond acceptors (Lipinski definition) is 2. The highest BCUT2D eigenvalue weighted by Crippen LogP contribution is 2.20. The van der Waals surface area contributed by atoms with Crippen molar-refractivity contribution in [1.29, 1.82) is 0 Å². The number of para-hydroxylation sites is 1. The van der Waals surface area contributed by atoms with Gasteiger partial charge in [-0.2, -0.15) is 0 Å². The number of hydrogen-bond donors (Lipinski definition) is 1. The van der Waals surface area contributed by atoms with Crippen molar-refractivity contribution in [2.45, 2.75) is 53.4 Å². The summed E-state index contributed by atoms with van der Waals surface area (Å²) in [4.78, 5) is 0. The van der Waals surface area contributed by atoms with Crippen molar-refractivity contribution in [3.05, 3.63) is 24.3 Å². The largest absolute Gasteiger partial charge is 0.480 e. The standard InChI is InChI=1S/C8H8N2O.C6H14.C2H6/c1-11-8-6-4-2-3-5-7(6)9-10-8;1-3-5-6-4-2;1-2/h2-5H,1H3,(H,9,10);3-6H2,1-2H3;1-2H3. The van der Waals surface area contributed by atoms with E-state index >= 15 is 0 Å². The van der Waals surface area contributed by atoms with Gasteiger partial charge in [0.2, 0.25) is 5.88 Å². The lowest BCUT2D eigenvalue weighted by atomic mass is 10.2. The topological polar surface area (TPSA) is 37.9 Å². The zero-order chi connectivity index (χ0) is 14.5. The third-order valence-electron chi connectivity index (χ3n) is 2.59. The smallest absolute Gasteiger partial charge is 0.240 e. The molecule has 0 fully saturated rings. The lowest BCUT2D eigenvalue weighted by Gasteiger charge is -1.91. The molecule has 19 heavy (non-hydrogen) atoms. The van der Waals surface area contributed by atoms with Crippen molar-refractivity contribution in [2.75, 3.05) is 7.11 Å². The Morgan fingerprint density at radius 1 is 1.05 bits per heavy atom. The van der Waals surface area contributed by atoms with Gasteiger partial charge in [-0.15, -0.1) is 5.10 Å². The van der Waals surface area contributed by atoms with E-state index in [9.17, 15) is 0 Å². The molecule has 1 aromatic carbocycles. The predicted molar refractivity (Wildman–Crippen MR) is 83.8 cm³/mol. The Hall–Kier alpha value is -1.51. The number of ether oxygens (including phenoxy) is 1. The molecule has 0 spiro atoms. The number of methoxy groups -OCH3 is 1. The summed E-state index contributed by atoms with van der Waals surface area (Å²) in [5.41, 5.74) is 1.00. The molecule has 0 saturated carbocycles. The monoisotopic (exact) mass is 264 g/mol. The highest BCUT2D eigenvalue weighted by molar-refractivity contribution is 5.83. The van der Waals surface area contributed by atoms with Crippen LogP contribution in [0.25, 0.3) is 10.9 Å². The highest BCUT2D eigenvalue weighted by atomic mass is 16.5. The van der Waals surface area contributed by atoms with Crippen LogP contribution in [-0.2, 0) is 0 Å². The van der Waals surface area contributed by atoms with Gasteiger partial charge in [-0.1, -0.05) is 65.5 Å². The summed E-state index contributed by atoms with van der Waals surface area (Å²) in [6.45, 7) is 8.46. The van der Waals surface area contributed by atoms with Crippen LogP contribution >= 0.6 is 0 Å². The minimum Gasteiger partial charge on any atom is -0.480 e. The quantitative estimate of drug-likeness (QED) is 0.772. The molecule has 2 rings (SSSR count). The Bertz CT molecular complexity index is 419. The van der Waals surface area contributed by atoms with Crippen LogP contribution in [0, 0.1) is 0 Å². The second kappa shape index (κ2) is 11.6. The van der Waals surface area contributed by atoms with Crippen LogP contribution in [0.3, 0.4) is 0 Å². The third kappa shape index (κ3) is 6.27. The van der Waals surface area contributed by atoms with Gasteiger partial charge in [0.05, 0.1) is 18.0 Å². The molecule has 0 atom stereocenters. The van der Waals surface area contributed by atoms with Crippen molar-refractivity contribution in [3.8, 4) is 5.88 Å².